The highest BCUT2D eigenvalue weighted by Crippen LogP contribution is 2.37. The Kier molecular flexibility index (Phi) is 7.29. The number of hydrogen-bond acceptors (Lipinski definition) is 6. The van der Waals surface area contributed by atoms with E-state index >= 15 is 4.39 Å². The lowest BCUT2D eigenvalue weighted by Gasteiger charge is -2.23. The first kappa shape index (κ1) is 27.3. The number of fused-ring (bicyclic) bond motifs is 1. The van der Waals surface area contributed by atoms with Crippen LogP contribution in [0.25, 0.3) is 33.4 Å². The van der Waals surface area contributed by atoms with Crippen molar-refractivity contribution in [3.63, 3.8) is 0 Å². The first-order valence-electron chi connectivity index (χ1n) is 14.2. The number of rotatable bonds is 8. The Morgan fingerprint density at radius 2 is 1.90 bits per heavy atom. The van der Waals surface area contributed by atoms with Gasteiger partial charge in [0, 0.05) is 28.9 Å². The third-order valence-corrected chi connectivity index (χ3v) is 8.37. The van der Waals surface area contributed by atoms with Crippen molar-refractivity contribution in [1.82, 2.24) is 24.5 Å². The van der Waals surface area contributed by atoms with Crippen molar-refractivity contribution in [3.05, 3.63) is 90.9 Å². The average molecular weight is 563 g/mol. The summed E-state index contributed by atoms with van der Waals surface area (Å²) in [5.74, 6) is -0.528. The van der Waals surface area contributed by atoms with Gasteiger partial charge in [0.15, 0.2) is 5.65 Å². The standard InChI is InChI=1S/C33H31FN6O2/c1-33(2,25-12-13-26(28(34)18-25)22-8-4-3-5-9-22)32(41)42-40-17-15-27-30(36-21-37-31(27)40)24-19-38-39(20-24)29(14-16-35)23-10-6-7-11-23/h3-5,8-9,12-13,15,17-21,23,29H,6-7,10-11,14H2,1-2H3/t29-/m1/s1. The van der Waals surface area contributed by atoms with E-state index in [1.807, 2.05) is 41.2 Å². The molecule has 9 heteroatoms. The molecule has 212 valence electrons. The summed E-state index contributed by atoms with van der Waals surface area (Å²) in [4.78, 5) is 28.1. The van der Waals surface area contributed by atoms with Crippen LogP contribution in [-0.4, -0.2) is 30.4 Å². The van der Waals surface area contributed by atoms with E-state index in [4.69, 9.17) is 4.84 Å². The molecule has 0 spiro atoms. The molecule has 42 heavy (non-hydrogen) atoms. The van der Waals surface area contributed by atoms with Gasteiger partial charge >= 0.3 is 5.97 Å². The van der Waals surface area contributed by atoms with Crippen molar-refractivity contribution < 1.29 is 14.0 Å². The normalized spacial score (nSPS) is 14.6. The molecule has 1 fully saturated rings. The molecule has 5 aromatic rings. The van der Waals surface area contributed by atoms with Crippen molar-refractivity contribution in [2.24, 2.45) is 5.92 Å². The Labute approximate surface area is 243 Å². The minimum absolute atomic E-state index is 0.0305. The van der Waals surface area contributed by atoms with E-state index in [1.165, 1.54) is 30.0 Å². The zero-order valence-corrected chi connectivity index (χ0v) is 23.6. The summed E-state index contributed by atoms with van der Waals surface area (Å²) in [6.45, 7) is 3.41. The predicted octanol–water partition coefficient (Wildman–Crippen LogP) is 6.68. The molecule has 0 amide bonds. The van der Waals surface area contributed by atoms with Gasteiger partial charge in [0.25, 0.3) is 0 Å². The maximum Gasteiger partial charge on any atom is 0.342 e. The van der Waals surface area contributed by atoms with E-state index in [-0.39, 0.29) is 6.04 Å². The second kappa shape index (κ2) is 11.2. The van der Waals surface area contributed by atoms with Crippen LogP contribution in [0.1, 0.15) is 57.6 Å². The van der Waals surface area contributed by atoms with Gasteiger partial charge in [0.05, 0.1) is 35.8 Å². The SMILES string of the molecule is CC(C)(C(=O)On1ccc2c(-c3cnn([C@H](CC#N)C4CCCC4)c3)ncnc21)c1ccc(-c2ccccc2)c(F)c1. The number of benzene rings is 2. The molecule has 3 aromatic heterocycles. The lowest BCUT2D eigenvalue weighted by molar-refractivity contribution is -0.149. The molecule has 1 aliphatic carbocycles. The van der Waals surface area contributed by atoms with Crippen LogP contribution in [0.4, 0.5) is 4.39 Å². The summed E-state index contributed by atoms with van der Waals surface area (Å²) < 4.78 is 18.3. The summed E-state index contributed by atoms with van der Waals surface area (Å²) in [6, 6.07) is 18.3. The van der Waals surface area contributed by atoms with Crippen LogP contribution < -0.4 is 4.84 Å². The first-order valence-corrected chi connectivity index (χ1v) is 14.2. The quantitative estimate of drug-likeness (QED) is 0.209. The Morgan fingerprint density at radius 3 is 2.64 bits per heavy atom. The largest absolute Gasteiger partial charge is 0.342 e. The Bertz CT molecular complexity index is 1780. The van der Waals surface area contributed by atoms with E-state index in [1.54, 1.807) is 44.4 Å². The summed E-state index contributed by atoms with van der Waals surface area (Å²) in [7, 11) is 0. The molecule has 8 nitrogen and oxygen atoms in total. The number of carbonyl (C=O) groups is 1. The third-order valence-electron chi connectivity index (χ3n) is 8.37. The molecule has 2 aromatic carbocycles. The van der Waals surface area contributed by atoms with Crippen LogP contribution in [0.3, 0.4) is 0 Å². The minimum Gasteiger partial charge on any atom is -0.334 e. The van der Waals surface area contributed by atoms with E-state index in [0.29, 0.717) is 40.2 Å². The number of halogens is 1. The lowest BCUT2D eigenvalue weighted by atomic mass is 9.84. The van der Waals surface area contributed by atoms with E-state index < -0.39 is 17.2 Å². The molecule has 0 radical (unpaired) electrons. The van der Waals surface area contributed by atoms with Crippen LogP contribution in [0, 0.1) is 23.1 Å². The third kappa shape index (κ3) is 5.05. The topological polar surface area (TPSA) is 98.6 Å². The van der Waals surface area contributed by atoms with Crippen molar-refractivity contribution in [2.45, 2.75) is 57.4 Å². The van der Waals surface area contributed by atoms with Crippen LogP contribution in [0.5, 0.6) is 0 Å². The van der Waals surface area contributed by atoms with E-state index in [0.717, 1.165) is 24.0 Å². The van der Waals surface area contributed by atoms with Gasteiger partial charge in [0.1, 0.15) is 12.1 Å². The van der Waals surface area contributed by atoms with Crippen molar-refractivity contribution >= 4 is 17.0 Å². The highest BCUT2D eigenvalue weighted by atomic mass is 19.1. The zero-order valence-electron chi connectivity index (χ0n) is 23.6. The minimum atomic E-state index is -1.14. The van der Waals surface area contributed by atoms with Crippen molar-refractivity contribution in [1.29, 1.82) is 5.26 Å². The molecule has 1 atom stereocenters. The summed E-state index contributed by atoms with van der Waals surface area (Å²) in [5, 5.41) is 14.7. The maximum atomic E-state index is 15.1. The van der Waals surface area contributed by atoms with Crippen LogP contribution >= 0.6 is 0 Å². The van der Waals surface area contributed by atoms with Gasteiger partial charge < -0.3 is 4.84 Å². The number of nitriles is 1. The fraction of sp³-hybridized carbons (Fsp3) is 0.303. The van der Waals surface area contributed by atoms with Crippen LogP contribution in [0.2, 0.25) is 0 Å². The Balaban J connectivity index is 1.25. The van der Waals surface area contributed by atoms with Gasteiger partial charge in [0.2, 0.25) is 0 Å². The van der Waals surface area contributed by atoms with Gasteiger partial charge in [-0.25, -0.2) is 19.2 Å². The summed E-state index contributed by atoms with van der Waals surface area (Å²) >= 11 is 0. The molecular formula is C33H31FN6O2. The highest BCUT2D eigenvalue weighted by Gasteiger charge is 2.34. The smallest absolute Gasteiger partial charge is 0.334 e. The first-order chi connectivity index (χ1) is 20.4. The molecule has 1 aliphatic rings. The van der Waals surface area contributed by atoms with Gasteiger partial charge in [-0.15, -0.1) is 0 Å². The Hall–Kier alpha value is -4.84. The van der Waals surface area contributed by atoms with Crippen LogP contribution in [0.15, 0.2) is 79.5 Å². The van der Waals surface area contributed by atoms with Gasteiger partial charge in [-0.05, 0) is 55.9 Å². The molecule has 0 unspecified atom stereocenters. The molecular weight excluding hydrogens is 531 g/mol. The number of aromatic nitrogens is 5. The maximum absolute atomic E-state index is 15.1. The van der Waals surface area contributed by atoms with Crippen molar-refractivity contribution in [2.75, 3.05) is 0 Å². The highest BCUT2D eigenvalue weighted by molar-refractivity contribution is 5.91. The number of nitrogens with zero attached hydrogens (tertiary/aromatic N) is 6. The number of carbonyl (C=O) groups excluding carboxylic acids is 1. The van der Waals surface area contributed by atoms with Gasteiger partial charge in [-0.2, -0.15) is 15.1 Å². The molecule has 3 heterocycles. The fourth-order valence-electron chi connectivity index (χ4n) is 5.86. The van der Waals surface area contributed by atoms with E-state index in [9.17, 15) is 10.1 Å². The molecule has 0 aliphatic heterocycles. The van der Waals surface area contributed by atoms with Gasteiger partial charge in [-0.3, -0.25) is 4.68 Å². The van der Waals surface area contributed by atoms with Crippen molar-refractivity contribution in [3.8, 4) is 28.5 Å². The molecule has 0 bridgehead atoms. The number of hydrogen-bond donors (Lipinski definition) is 0. The molecule has 1 saturated carbocycles. The monoisotopic (exact) mass is 562 g/mol. The second-order valence-corrected chi connectivity index (χ2v) is 11.3. The molecule has 0 saturated heterocycles. The lowest BCUT2D eigenvalue weighted by Crippen LogP contribution is -2.37. The predicted molar refractivity (Wildman–Crippen MR) is 156 cm³/mol. The Morgan fingerprint density at radius 1 is 1.12 bits per heavy atom. The zero-order chi connectivity index (χ0) is 29.3. The van der Waals surface area contributed by atoms with Crippen LogP contribution in [-0.2, 0) is 10.2 Å². The fourth-order valence-corrected chi connectivity index (χ4v) is 5.86. The molecule has 6 rings (SSSR count). The average Bonchev–Trinajstić information content (AvgIpc) is 3.78. The summed E-state index contributed by atoms with van der Waals surface area (Å²) in [6.07, 6.45) is 11.7. The van der Waals surface area contributed by atoms with Gasteiger partial charge in [-0.1, -0.05) is 55.3 Å². The molecule has 0 N–H and O–H groups in total. The van der Waals surface area contributed by atoms with E-state index in [2.05, 4.69) is 21.1 Å². The summed E-state index contributed by atoms with van der Waals surface area (Å²) in [5.41, 5.74) is 2.46. The second-order valence-electron chi connectivity index (χ2n) is 11.3.